The molecule has 1 heterocycles. The van der Waals surface area contributed by atoms with E-state index in [0.29, 0.717) is 17.4 Å². The molecule has 1 atom stereocenters. The van der Waals surface area contributed by atoms with Crippen LogP contribution in [0.5, 0.6) is 0 Å². The Kier molecular flexibility index (Phi) is 6.55. The fraction of sp³-hybridized carbons (Fsp3) is 0.462. The van der Waals surface area contributed by atoms with E-state index in [-0.39, 0.29) is 11.0 Å². The summed E-state index contributed by atoms with van der Waals surface area (Å²) in [5.74, 6) is -3.07. The van der Waals surface area contributed by atoms with Crippen molar-refractivity contribution in [3.05, 3.63) is 59.8 Å². The number of aromatic nitrogens is 1. The Morgan fingerprint density at radius 2 is 1.77 bits per heavy atom. The van der Waals surface area contributed by atoms with Crippen LogP contribution in [-0.4, -0.2) is 30.6 Å². The number of nitrogens with zero attached hydrogens (tertiary/aromatic N) is 1. The Bertz CT molecular complexity index is 1340. The summed E-state index contributed by atoms with van der Waals surface area (Å²) in [4.78, 5) is 0. The van der Waals surface area contributed by atoms with Crippen LogP contribution in [-0.2, 0) is 16.6 Å². The molecule has 0 amide bonds. The van der Waals surface area contributed by atoms with Crippen LogP contribution in [0.15, 0.2) is 48.7 Å². The molecule has 0 saturated heterocycles. The van der Waals surface area contributed by atoms with E-state index in [0.717, 1.165) is 16.7 Å². The lowest BCUT2D eigenvalue weighted by molar-refractivity contribution is -0.0689. The van der Waals surface area contributed by atoms with E-state index in [2.05, 4.69) is 0 Å². The summed E-state index contributed by atoms with van der Waals surface area (Å²) in [5.41, 5.74) is 3.65. The second-order valence-corrected chi connectivity index (χ2v) is 12.7. The molecule has 4 nitrogen and oxygen atoms in total. The van der Waals surface area contributed by atoms with Gasteiger partial charge in [0, 0.05) is 42.0 Å². The van der Waals surface area contributed by atoms with Gasteiger partial charge in [-0.1, -0.05) is 57.2 Å². The van der Waals surface area contributed by atoms with Crippen molar-refractivity contribution < 1.29 is 26.0 Å². The lowest BCUT2D eigenvalue weighted by Gasteiger charge is -2.35. The van der Waals surface area contributed by atoms with E-state index in [1.54, 1.807) is 12.3 Å². The largest absolute Gasteiger partial charge is 0.347 e. The lowest BCUT2D eigenvalue weighted by atomic mass is 9.94. The van der Waals surface area contributed by atoms with Crippen molar-refractivity contribution >= 4 is 20.9 Å². The number of benzene rings is 2. The SMILES string of the molecule is Cc1ccccc1-c1ccc2c(C(NS(=O)(=O)C3CC(F)(F)C3)C(F)F)cn(CC(C)(C)C)c2c1. The van der Waals surface area contributed by atoms with Gasteiger partial charge in [-0.3, -0.25) is 0 Å². The van der Waals surface area contributed by atoms with Gasteiger partial charge in [-0.05, 0) is 35.1 Å². The molecule has 0 spiro atoms. The fourth-order valence-corrected chi connectivity index (χ4v) is 6.33. The van der Waals surface area contributed by atoms with Gasteiger partial charge in [0.15, 0.2) is 0 Å². The van der Waals surface area contributed by atoms with Crippen LogP contribution >= 0.6 is 0 Å². The van der Waals surface area contributed by atoms with Gasteiger partial charge >= 0.3 is 0 Å². The van der Waals surface area contributed by atoms with Crippen LogP contribution in [0.4, 0.5) is 17.6 Å². The van der Waals surface area contributed by atoms with E-state index in [9.17, 15) is 26.0 Å². The molecule has 0 bridgehead atoms. The van der Waals surface area contributed by atoms with Gasteiger partial charge in [-0.15, -0.1) is 0 Å². The minimum Gasteiger partial charge on any atom is -0.347 e. The summed E-state index contributed by atoms with van der Waals surface area (Å²) in [7, 11) is -4.36. The molecule has 1 saturated carbocycles. The summed E-state index contributed by atoms with van der Waals surface area (Å²) >= 11 is 0. The van der Waals surface area contributed by atoms with Gasteiger partial charge in [0.1, 0.15) is 6.04 Å². The molecule has 35 heavy (non-hydrogen) atoms. The molecule has 0 radical (unpaired) electrons. The zero-order chi connectivity index (χ0) is 25.8. The van der Waals surface area contributed by atoms with Crippen LogP contribution < -0.4 is 4.72 Å². The molecule has 3 aromatic rings. The number of nitrogens with one attached hydrogen (secondary N) is 1. The number of aryl methyl sites for hydroxylation is 1. The maximum atomic E-state index is 14.2. The molecule has 9 heteroatoms. The summed E-state index contributed by atoms with van der Waals surface area (Å²) in [6.07, 6.45) is -3.21. The van der Waals surface area contributed by atoms with Gasteiger partial charge in [-0.25, -0.2) is 30.7 Å². The van der Waals surface area contributed by atoms with E-state index in [1.165, 1.54) is 0 Å². The summed E-state index contributed by atoms with van der Waals surface area (Å²) < 4.78 is 84.2. The molecule has 1 aliphatic carbocycles. The zero-order valence-electron chi connectivity index (χ0n) is 20.2. The number of halogens is 4. The number of fused-ring (bicyclic) bond motifs is 1. The predicted octanol–water partition coefficient (Wildman–Crippen LogP) is 6.69. The normalized spacial score (nSPS) is 17.6. The minimum absolute atomic E-state index is 0.130. The zero-order valence-corrected chi connectivity index (χ0v) is 21.0. The fourth-order valence-electron chi connectivity index (χ4n) is 4.62. The topological polar surface area (TPSA) is 51.1 Å². The number of alkyl halides is 4. The van der Waals surface area contributed by atoms with Crippen molar-refractivity contribution in [1.29, 1.82) is 0 Å². The Morgan fingerprint density at radius 1 is 1.11 bits per heavy atom. The third-order valence-corrected chi connectivity index (χ3v) is 8.18. The number of sulfonamides is 1. The third kappa shape index (κ3) is 5.40. The van der Waals surface area contributed by atoms with E-state index in [1.807, 2.05) is 73.4 Å². The Morgan fingerprint density at radius 3 is 2.34 bits per heavy atom. The summed E-state index contributed by atoms with van der Waals surface area (Å²) in [6, 6.07) is 11.5. The number of rotatable bonds is 7. The minimum atomic E-state index is -4.36. The summed E-state index contributed by atoms with van der Waals surface area (Å²) in [6.45, 7) is 8.57. The molecule has 1 aliphatic rings. The van der Waals surface area contributed by atoms with Crippen molar-refractivity contribution in [2.75, 3.05) is 0 Å². The van der Waals surface area contributed by atoms with Crippen LogP contribution in [0.1, 0.15) is 50.8 Å². The molecule has 190 valence electrons. The Balaban J connectivity index is 1.80. The van der Waals surface area contributed by atoms with E-state index >= 15 is 0 Å². The molecule has 1 N–H and O–H groups in total. The molecule has 1 aromatic heterocycles. The highest BCUT2D eigenvalue weighted by Gasteiger charge is 2.52. The van der Waals surface area contributed by atoms with Crippen LogP contribution in [0, 0.1) is 12.3 Å². The molecular formula is C26H30F4N2O2S. The average Bonchev–Trinajstić information content (AvgIpc) is 3.06. The molecule has 0 aliphatic heterocycles. The quantitative estimate of drug-likeness (QED) is 0.360. The summed E-state index contributed by atoms with van der Waals surface area (Å²) in [5, 5.41) is -0.882. The molecule has 1 unspecified atom stereocenters. The first-order valence-electron chi connectivity index (χ1n) is 11.5. The lowest BCUT2D eigenvalue weighted by Crippen LogP contribution is -2.50. The Labute approximate surface area is 203 Å². The van der Waals surface area contributed by atoms with Crippen molar-refractivity contribution in [2.24, 2.45) is 5.41 Å². The highest BCUT2D eigenvalue weighted by atomic mass is 32.2. The Hall–Kier alpha value is -2.39. The maximum Gasteiger partial charge on any atom is 0.258 e. The van der Waals surface area contributed by atoms with Crippen LogP contribution in [0.3, 0.4) is 0 Å². The van der Waals surface area contributed by atoms with E-state index in [4.69, 9.17) is 0 Å². The van der Waals surface area contributed by atoms with Crippen molar-refractivity contribution in [3.63, 3.8) is 0 Å². The molecular weight excluding hydrogens is 480 g/mol. The predicted molar refractivity (Wildman–Crippen MR) is 130 cm³/mol. The number of hydrogen-bond donors (Lipinski definition) is 1. The monoisotopic (exact) mass is 510 g/mol. The van der Waals surface area contributed by atoms with Gasteiger partial charge in [0.25, 0.3) is 12.3 Å². The highest BCUT2D eigenvalue weighted by molar-refractivity contribution is 7.90. The van der Waals surface area contributed by atoms with Crippen LogP contribution in [0.25, 0.3) is 22.0 Å². The molecule has 2 aromatic carbocycles. The van der Waals surface area contributed by atoms with Crippen molar-refractivity contribution in [1.82, 2.24) is 9.29 Å². The van der Waals surface area contributed by atoms with Gasteiger partial charge in [-0.2, -0.15) is 0 Å². The average molecular weight is 511 g/mol. The van der Waals surface area contributed by atoms with Crippen molar-refractivity contribution in [2.45, 2.75) is 70.7 Å². The maximum absolute atomic E-state index is 14.2. The number of hydrogen-bond acceptors (Lipinski definition) is 2. The highest BCUT2D eigenvalue weighted by Crippen LogP contribution is 2.42. The van der Waals surface area contributed by atoms with Gasteiger partial charge in [0.2, 0.25) is 10.0 Å². The van der Waals surface area contributed by atoms with Gasteiger partial charge < -0.3 is 4.57 Å². The first kappa shape index (κ1) is 25.7. The molecule has 4 rings (SSSR count). The van der Waals surface area contributed by atoms with Crippen molar-refractivity contribution in [3.8, 4) is 11.1 Å². The second kappa shape index (κ2) is 8.92. The van der Waals surface area contributed by atoms with Gasteiger partial charge in [0.05, 0.1) is 5.25 Å². The molecule has 1 fully saturated rings. The smallest absolute Gasteiger partial charge is 0.258 e. The van der Waals surface area contributed by atoms with Crippen LogP contribution in [0.2, 0.25) is 0 Å². The second-order valence-electron chi connectivity index (χ2n) is 10.7. The first-order chi connectivity index (χ1) is 16.2. The van der Waals surface area contributed by atoms with E-state index < -0.39 is 46.5 Å². The third-order valence-electron chi connectivity index (χ3n) is 6.38. The standard InChI is InChI=1S/C26H30F4N2O2S/c1-16-7-5-6-8-19(16)17-9-10-20-21(14-32(22(20)11-17)15-25(2,3)4)23(24(27)28)31-35(33,34)18-12-26(29,30)13-18/h5-11,14,18,23-24,31H,12-13,15H2,1-4H3. The first-order valence-corrected chi connectivity index (χ1v) is 13.1.